The van der Waals surface area contributed by atoms with E-state index in [1.54, 1.807) is 0 Å². The quantitative estimate of drug-likeness (QED) is 0.684. The molecule has 0 radical (unpaired) electrons. The van der Waals surface area contributed by atoms with Gasteiger partial charge in [-0.05, 0) is 45.1 Å². The molecule has 0 spiro atoms. The average molecular weight is 449 g/mol. The number of fused-ring (bicyclic) bond motifs is 1. The topological polar surface area (TPSA) is 92.9 Å². The van der Waals surface area contributed by atoms with E-state index >= 15 is 0 Å². The zero-order valence-corrected chi connectivity index (χ0v) is 20.2. The molecule has 31 heavy (non-hydrogen) atoms. The molecule has 172 valence electrons. The second-order valence-electron chi connectivity index (χ2n) is 10.1. The number of nitrogens with zero attached hydrogens (tertiary/aromatic N) is 4. The van der Waals surface area contributed by atoms with E-state index in [0.29, 0.717) is 49.9 Å². The zero-order valence-electron chi connectivity index (χ0n) is 19.4. The fourth-order valence-electron chi connectivity index (χ4n) is 4.88. The second kappa shape index (κ2) is 8.20. The van der Waals surface area contributed by atoms with Crippen molar-refractivity contribution < 1.29 is 13.8 Å². The predicted octanol–water partition coefficient (Wildman–Crippen LogP) is 4.51. The predicted molar refractivity (Wildman–Crippen MR) is 124 cm³/mol. The highest BCUT2D eigenvalue weighted by Gasteiger charge is 2.40. The molecule has 1 saturated heterocycles. The molecule has 0 aromatic carbocycles. The highest BCUT2D eigenvalue weighted by molar-refractivity contribution is 8.22. The molecule has 2 aliphatic heterocycles. The molecular formula is C23H36N4O3S. The molecule has 2 fully saturated rings. The molecule has 1 aromatic rings. The highest BCUT2D eigenvalue weighted by Crippen LogP contribution is 2.48. The molecule has 3 heterocycles. The Morgan fingerprint density at radius 2 is 1.97 bits per heavy atom. The Morgan fingerprint density at radius 3 is 2.55 bits per heavy atom. The van der Waals surface area contributed by atoms with Crippen molar-refractivity contribution >= 4 is 16.6 Å². The summed E-state index contributed by atoms with van der Waals surface area (Å²) in [7, 11) is -2.77. The minimum absolute atomic E-state index is 0.00720. The first kappa shape index (κ1) is 22.8. The van der Waals surface area contributed by atoms with Crippen LogP contribution in [0.4, 0.5) is 5.82 Å². The molecule has 2 N–H and O–H groups in total. The van der Waals surface area contributed by atoms with Gasteiger partial charge >= 0.3 is 0 Å². The Bertz CT molecular complexity index is 892. The van der Waals surface area contributed by atoms with Crippen LogP contribution in [0.5, 0.6) is 0 Å². The largest absolute Gasteiger partial charge is 0.370 e. The molecule has 8 heteroatoms. The zero-order chi connectivity index (χ0) is 22.6. The third-order valence-electron chi connectivity index (χ3n) is 6.91. The number of piperazine rings is 1. The normalized spacial score (nSPS) is 24.7. The van der Waals surface area contributed by atoms with Crippen LogP contribution >= 0.6 is 10.8 Å². The minimum Gasteiger partial charge on any atom is -0.370 e. The molecule has 1 saturated carbocycles. The Hall–Kier alpha value is -1.37. The first-order valence-electron chi connectivity index (χ1n) is 11.4. The van der Waals surface area contributed by atoms with Gasteiger partial charge in [0.2, 0.25) is 0 Å². The summed E-state index contributed by atoms with van der Waals surface area (Å²) in [4.78, 5) is 7.29. The lowest BCUT2D eigenvalue weighted by Gasteiger charge is -2.52. The summed E-state index contributed by atoms with van der Waals surface area (Å²) in [5.41, 5.74) is 3.72. The second-order valence-corrected chi connectivity index (χ2v) is 12.4. The maximum Gasteiger partial charge on any atom is 0.147 e. The van der Waals surface area contributed by atoms with Crippen LogP contribution < -0.4 is 4.90 Å². The van der Waals surface area contributed by atoms with E-state index in [1.165, 1.54) is 0 Å². The molecule has 0 bridgehead atoms. The minimum atomic E-state index is -2.77. The summed E-state index contributed by atoms with van der Waals surface area (Å²) in [5, 5.41) is 10.2. The van der Waals surface area contributed by atoms with E-state index in [1.807, 2.05) is 11.2 Å². The number of aromatic nitrogens is 1. The monoisotopic (exact) mass is 448 g/mol. The number of nitriles is 1. The van der Waals surface area contributed by atoms with Crippen LogP contribution in [-0.2, 0) is 17.8 Å². The molecule has 1 atom stereocenters. The van der Waals surface area contributed by atoms with Crippen molar-refractivity contribution in [3.8, 4) is 6.07 Å². The van der Waals surface area contributed by atoms with Crippen LogP contribution in [0.15, 0.2) is 0 Å². The Labute approximate surface area is 187 Å². The smallest absolute Gasteiger partial charge is 0.147 e. The molecule has 1 aromatic heterocycles. The van der Waals surface area contributed by atoms with Crippen molar-refractivity contribution in [1.29, 1.82) is 5.26 Å². The van der Waals surface area contributed by atoms with Crippen LogP contribution in [0.2, 0.25) is 0 Å². The maximum atomic E-state index is 10.6. The summed E-state index contributed by atoms with van der Waals surface area (Å²) in [6.45, 7) is 12.6. The van der Waals surface area contributed by atoms with Crippen molar-refractivity contribution in [1.82, 2.24) is 9.29 Å². The first-order valence-corrected chi connectivity index (χ1v) is 13.1. The van der Waals surface area contributed by atoms with Gasteiger partial charge < -0.3 is 9.64 Å². The Balaban J connectivity index is 1.75. The molecule has 0 amide bonds. The van der Waals surface area contributed by atoms with E-state index < -0.39 is 10.8 Å². The van der Waals surface area contributed by atoms with Crippen LogP contribution in [0.3, 0.4) is 0 Å². The molecule has 7 nitrogen and oxygen atoms in total. The van der Waals surface area contributed by atoms with Gasteiger partial charge in [0.1, 0.15) is 11.9 Å². The van der Waals surface area contributed by atoms with E-state index in [4.69, 9.17) is 9.72 Å². The van der Waals surface area contributed by atoms with E-state index in [-0.39, 0.29) is 17.6 Å². The summed E-state index contributed by atoms with van der Waals surface area (Å²) in [6.07, 6.45) is 3.01. The van der Waals surface area contributed by atoms with Crippen molar-refractivity contribution in [3.63, 3.8) is 0 Å². The van der Waals surface area contributed by atoms with Gasteiger partial charge in [-0.15, -0.1) is 10.8 Å². The van der Waals surface area contributed by atoms with Gasteiger partial charge in [-0.25, -0.2) is 4.98 Å². The lowest BCUT2D eigenvalue weighted by Crippen LogP contribution is -2.56. The molecular weight excluding hydrogens is 412 g/mol. The van der Waals surface area contributed by atoms with Gasteiger partial charge in [-0.1, -0.05) is 13.8 Å². The van der Waals surface area contributed by atoms with Crippen molar-refractivity contribution in [2.24, 2.45) is 5.92 Å². The maximum absolute atomic E-state index is 10.6. The molecule has 1 aliphatic carbocycles. The summed E-state index contributed by atoms with van der Waals surface area (Å²) in [5.74, 6) is 1.83. The highest BCUT2D eigenvalue weighted by atomic mass is 32.3. The Kier molecular flexibility index (Phi) is 6.03. The van der Waals surface area contributed by atoms with E-state index in [9.17, 15) is 14.4 Å². The van der Waals surface area contributed by atoms with E-state index in [0.717, 1.165) is 35.5 Å². The Morgan fingerprint density at radius 1 is 1.26 bits per heavy atom. The van der Waals surface area contributed by atoms with Gasteiger partial charge in [0.25, 0.3) is 0 Å². The first-order chi connectivity index (χ1) is 14.6. The fourth-order valence-corrected chi connectivity index (χ4v) is 6.33. The van der Waals surface area contributed by atoms with E-state index in [2.05, 4.69) is 38.7 Å². The van der Waals surface area contributed by atoms with Crippen molar-refractivity contribution in [3.05, 3.63) is 22.4 Å². The van der Waals surface area contributed by atoms with Gasteiger partial charge in [-0.3, -0.25) is 9.11 Å². The van der Waals surface area contributed by atoms with Gasteiger partial charge in [0.15, 0.2) is 0 Å². The van der Waals surface area contributed by atoms with Crippen molar-refractivity contribution in [2.75, 3.05) is 30.3 Å². The lowest BCUT2D eigenvalue weighted by atomic mass is 9.87. The third kappa shape index (κ3) is 4.31. The standard InChI is InChI=1S/C23H36N4O3S/c1-6-31(28,29)27-10-9-26(13-20(27)15(2)3)22-18(12-24)17-11-23(4,5)30-14-19(17)21(25-22)16-7-8-16/h15-16,20,28-29H,6-11,13-14H2,1-5H3/t20-/m0/s1. The SMILES string of the molecule is CCS(O)(O)N1CCN(c2nc(C3CC3)c3c(c2C#N)CC(C)(C)OC3)C[C@H]1C(C)C. The summed E-state index contributed by atoms with van der Waals surface area (Å²) >= 11 is 0. The summed E-state index contributed by atoms with van der Waals surface area (Å²) < 4.78 is 29.2. The lowest BCUT2D eigenvalue weighted by molar-refractivity contribution is -0.0407. The average Bonchev–Trinajstić information content (AvgIpc) is 3.56. The third-order valence-corrected chi connectivity index (χ3v) is 8.89. The fraction of sp³-hybridized carbons (Fsp3) is 0.739. The molecule has 3 aliphatic rings. The van der Waals surface area contributed by atoms with Crippen LogP contribution in [0, 0.1) is 17.2 Å². The van der Waals surface area contributed by atoms with Crippen molar-refractivity contribution in [2.45, 2.75) is 78.0 Å². The number of hydrogen-bond acceptors (Lipinski definition) is 7. The summed E-state index contributed by atoms with van der Waals surface area (Å²) in [6, 6.07) is 2.47. The number of ether oxygens (including phenoxy) is 1. The molecule has 0 unspecified atom stereocenters. The number of pyridine rings is 1. The van der Waals surface area contributed by atoms with Gasteiger partial charge in [-0.2, -0.15) is 9.57 Å². The number of anilines is 1. The number of hydrogen-bond donors (Lipinski definition) is 2. The molecule has 4 rings (SSSR count). The van der Waals surface area contributed by atoms with Gasteiger partial charge in [0.05, 0.1) is 29.2 Å². The van der Waals surface area contributed by atoms with Crippen LogP contribution in [0.1, 0.15) is 75.8 Å². The number of rotatable bonds is 5. The van der Waals surface area contributed by atoms with Crippen LogP contribution in [-0.4, -0.2) is 55.4 Å². The van der Waals surface area contributed by atoms with Gasteiger partial charge in [0, 0.05) is 43.6 Å². The van der Waals surface area contributed by atoms with Crippen LogP contribution in [0.25, 0.3) is 0 Å².